The molecule has 2 saturated heterocycles. The molecular weight excluding hydrogens is 352 g/mol. The number of amides is 1. The Kier molecular flexibility index (Phi) is 4.19. The summed E-state index contributed by atoms with van der Waals surface area (Å²) in [4.78, 5) is 17.6. The van der Waals surface area contributed by atoms with Crippen molar-refractivity contribution in [1.29, 1.82) is 0 Å². The molecule has 0 spiro atoms. The van der Waals surface area contributed by atoms with Crippen LogP contribution in [0.25, 0.3) is 17.2 Å². The largest absolute Gasteiger partial charge is 0.348 e. The number of hydrogen-bond donors (Lipinski definition) is 0. The number of fused-ring (bicyclic) bond motifs is 1. The van der Waals surface area contributed by atoms with E-state index in [1.54, 1.807) is 0 Å². The van der Waals surface area contributed by atoms with Crippen LogP contribution in [0, 0.1) is 0 Å². The van der Waals surface area contributed by atoms with Crippen molar-refractivity contribution in [3.63, 3.8) is 0 Å². The van der Waals surface area contributed by atoms with Crippen molar-refractivity contribution in [3.8, 4) is 11.5 Å². The molecule has 5 heterocycles. The van der Waals surface area contributed by atoms with Gasteiger partial charge in [0.05, 0.1) is 11.3 Å². The van der Waals surface area contributed by atoms with Crippen LogP contribution in [0.3, 0.4) is 0 Å². The summed E-state index contributed by atoms with van der Waals surface area (Å²) in [6, 6.07) is 8.86. The Hall–Kier alpha value is -2.67. The monoisotopic (exact) mass is 378 g/mol. The number of aryl methyl sites for hydroxylation is 1. The lowest BCUT2D eigenvalue weighted by atomic mass is 9.97. The van der Waals surface area contributed by atoms with Crippen molar-refractivity contribution >= 4 is 11.6 Å². The number of pyridine rings is 1. The second-order valence-electron chi connectivity index (χ2n) is 8.12. The summed E-state index contributed by atoms with van der Waals surface area (Å²) in [6.07, 6.45) is 7.73. The molecule has 146 valence electrons. The molecule has 0 bridgehead atoms. The summed E-state index contributed by atoms with van der Waals surface area (Å²) in [5.41, 5.74) is 2.41. The molecule has 28 heavy (non-hydrogen) atoms. The fourth-order valence-electron chi connectivity index (χ4n) is 4.56. The van der Waals surface area contributed by atoms with E-state index in [0.29, 0.717) is 17.6 Å². The second-order valence-corrected chi connectivity index (χ2v) is 8.12. The van der Waals surface area contributed by atoms with E-state index in [2.05, 4.69) is 22.0 Å². The number of likely N-dealkylation sites (tertiary alicyclic amines) is 2. The van der Waals surface area contributed by atoms with Gasteiger partial charge in [-0.15, -0.1) is 10.2 Å². The number of carbonyl (C=O) groups excluding carboxylic acids is 1. The van der Waals surface area contributed by atoms with Crippen LogP contribution in [0.5, 0.6) is 0 Å². The van der Waals surface area contributed by atoms with E-state index < -0.39 is 0 Å². The molecule has 5 rings (SSSR count). The summed E-state index contributed by atoms with van der Waals surface area (Å²) < 4.78 is 3.91. The average molecular weight is 378 g/mol. The Balaban J connectivity index is 1.35. The van der Waals surface area contributed by atoms with E-state index in [9.17, 15) is 4.79 Å². The summed E-state index contributed by atoms with van der Waals surface area (Å²) in [7, 11) is 1.98. The minimum atomic E-state index is 0.0920. The molecule has 0 aromatic carbocycles. The number of rotatable bonds is 3. The highest BCUT2D eigenvalue weighted by molar-refractivity contribution is 5.95. The van der Waals surface area contributed by atoms with Gasteiger partial charge in [-0.05, 0) is 50.6 Å². The van der Waals surface area contributed by atoms with Crippen molar-refractivity contribution in [2.45, 2.75) is 38.3 Å². The van der Waals surface area contributed by atoms with Gasteiger partial charge in [0.15, 0.2) is 11.5 Å². The summed E-state index contributed by atoms with van der Waals surface area (Å²) >= 11 is 0. The van der Waals surface area contributed by atoms with Gasteiger partial charge < -0.3 is 9.47 Å². The topological polar surface area (TPSA) is 58.7 Å². The van der Waals surface area contributed by atoms with Gasteiger partial charge in [-0.3, -0.25) is 14.1 Å². The third-order valence-electron chi connectivity index (χ3n) is 6.30. The standard InChI is InChI=1S/C21H26N6O/c1-15-6-3-4-11-26(15)17-13-25(14-17)21(28)16-8-9-19-22-23-20(27(19)12-16)18-7-5-10-24(18)2/h5,7-10,12,15,17H,3-4,6,11,13-14H2,1-2H3. The van der Waals surface area contributed by atoms with Crippen molar-refractivity contribution in [3.05, 3.63) is 42.2 Å². The summed E-state index contributed by atoms with van der Waals surface area (Å²) in [6.45, 7) is 5.14. The molecule has 7 nitrogen and oxygen atoms in total. The van der Waals surface area contributed by atoms with Crippen molar-refractivity contribution in [2.24, 2.45) is 7.05 Å². The zero-order valence-electron chi connectivity index (χ0n) is 16.5. The predicted molar refractivity (Wildman–Crippen MR) is 107 cm³/mol. The molecule has 2 aliphatic rings. The van der Waals surface area contributed by atoms with Crippen LogP contribution in [-0.4, -0.2) is 66.6 Å². The molecule has 1 unspecified atom stereocenters. The van der Waals surface area contributed by atoms with Crippen LogP contribution >= 0.6 is 0 Å². The summed E-state index contributed by atoms with van der Waals surface area (Å²) in [5, 5.41) is 8.56. The minimum Gasteiger partial charge on any atom is -0.348 e. The third kappa shape index (κ3) is 2.81. The highest BCUT2D eigenvalue weighted by Gasteiger charge is 2.37. The first kappa shape index (κ1) is 17.4. The van der Waals surface area contributed by atoms with Crippen LogP contribution in [0.2, 0.25) is 0 Å². The fourth-order valence-corrected chi connectivity index (χ4v) is 4.56. The van der Waals surface area contributed by atoms with Gasteiger partial charge in [0.2, 0.25) is 0 Å². The third-order valence-corrected chi connectivity index (χ3v) is 6.30. The van der Waals surface area contributed by atoms with E-state index in [1.807, 2.05) is 57.6 Å². The SMILES string of the molecule is CC1CCCCN1C1CN(C(=O)c2ccc3nnc(-c4cccn4C)n3c2)C1. The van der Waals surface area contributed by atoms with Crippen LogP contribution in [0.1, 0.15) is 36.5 Å². The second kappa shape index (κ2) is 6.74. The number of aromatic nitrogens is 4. The molecule has 0 N–H and O–H groups in total. The van der Waals surface area contributed by atoms with Gasteiger partial charge >= 0.3 is 0 Å². The first-order valence-corrected chi connectivity index (χ1v) is 10.1. The maximum absolute atomic E-state index is 13.0. The van der Waals surface area contributed by atoms with Crippen LogP contribution in [0.4, 0.5) is 0 Å². The van der Waals surface area contributed by atoms with Crippen LogP contribution < -0.4 is 0 Å². The molecule has 0 saturated carbocycles. The van der Waals surface area contributed by atoms with E-state index in [4.69, 9.17) is 0 Å². The first-order valence-electron chi connectivity index (χ1n) is 10.1. The lowest BCUT2D eigenvalue weighted by Crippen LogP contribution is -2.63. The first-order chi connectivity index (χ1) is 13.6. The average Bonchev–Trinajstić information content (AvgIpc) is 3.27. The highest BCUT2D eigenvalue weighted by atomic mass is 16.2. The fraction of sp³-hybridized carbons (Fsp3) is 0.476. The summed E-state index contributed by atoms with van der Waals surface area (Å²) in [5.74, 6) is 0.843. The molecule has 3 aromatic heterocycles. The Morgan fingerprint density at radius 2 is 2.00 bits per heavy atom. The Bertz CT molecular complexity index is 1020. The molecule has 7 heteroatoms. The number of piperidine rings is 1. The lowest BCUT2D eigenvalue weighted by molar-refractivity contribution is 0.00210. The number of carbonyl (C=O) groups is 1. The highest BCUT2D eigenvalue weighted by Crippen LogP contribution is 2.26. The van der Waals surface area contributed by atoms with Gasteiger partial charge in [-0.25, -0.2) is 0 Å². The van der Waals surface area contributed by atoms with Gasteiger partial charge in [0.25, 0.3) is 5.91 Å². The van der Waals surface area contributed by atoms with Crippen molar-refractivity contribution < 1.29 is 4.79 Å². The van der Waals surface area contributed by atoms with Gasteiger partial charge in [0.1, 0.15) is 0 Å². The molecule has 1 amide bonds. The van der Waals surface area contributed by atoms with Crippen LogP contribution in [0.15, 0.2) is 36.7 Å². The maximum atomic E-state index is 13.0. The number of hydrogen-bond acceptors (Lipinski definition) is 4. The van der Waals surface area contributed by atoms with Gasteiger partial charge in [-0.1, -0.05) is 6.42 Å². The van der Waals surface area contributed by atoms with E-state index in [1.165, 1.54) is 25.8 Å². The normalized spacial score (nSPS) is 21.2. The Labute approximate surface area is 164 Å². The lowest BCUT2D eigenvalue weighted by Gasteiger charge is -2.49. The van der Waals surface area contributed by atoms with Gasteiger partial charge in [0, 0.05) is 44.6 Å². The zero-order valence-corrected chi connectivity index (χ0v) is 16.5. The molecule has 1 atom stereocenters. The van der Waals surface area contributed by atoms with Crippen LogP contribution in [-0.2, 0) is 7.05 Å². The van der Waals surface area contributed by atoms with E-state index in [-0.39, 0.29) is 5.91 Å². The minimum absolute atomic E-state index is 0.0920. The predicted octanol–water partition coefficient (Wildman–Crippen LogP) is 2.43. The van der Waals surface area contributed by atoms with Gasteiger partial charge in [-0.2, -0.15) is 0 Å². The molecule has 0 aliphatic carbocycles. The molecule has 3 aromatic rings. The maximum Gasteiger partial charge on any atom is 0.255 e. The molecule has 2 aliphatic heterocycles. The molecule has 2 fully saturated rings. The van der Waals surface area contributed by atoms with E-state index in [0.717, 1.165) is 30.3 Å². The molecular formula is C21H26N6O. The smallest absolute Gasteiger partial charge is 0.255 e. The Morgan fingerprint density at radius 3 is 2.75 bits per heavy atom. The molecule has 0 radical (unpaired) electrons. The van der Waals surface area contributed by atoms with Crippen molar-refractivity contribution in [2.75, 3.05) is 19.6 Å². The number of nitrogens with zero attached hydrogens (tertiary/aromatic N) is 6. The zero-order chi connectivity index (χ0) is 19.3. The van der Waals surface area contributed by atoms with E-state index >= 15 is 0 Å². The Morgan fingerprint density at radius 1 is 1.14 bits per heavy atom. The quantitative estimate of drug-likeness (QED) is 0.702. The van der Waals surface area contributed by atoms with Crippen molar-refractivity contribution in [1.82, 2.24) is 29.0 Å².